The van der Waals surface area contributed by atoms with E-state index in [1.807, 2.05) is 13.8 Å². The topological polar surface area (TPSA) is 26.3 Å². The van der Waals surface area contributed by atoms with Crippen LogP contribution in [0.25, 0.3) is 0 Å². The van der Waals surface area contributed by atoms with Crippen LogP contribution < -0.4 is 0 Å². The maximum atomic E-state index is 12.6. The molecule has 0 spiro atoms. The molecule has 1 rings (SSSR count). The van der Waals surface area contributed by atoms with E-state index in [0.29, 0.717) is 5.92 Å². The van der Waals surface area contributed by atoms with Crippen LogP contribution >= 0.6 is 0 Å². The van der Waals surface area contributed by atoms with Gasteiger partial charge in [0.15, 0.2) is 0 Å². The van der Waals surface area contributed by atoms with Crippen molar-refractivity contribution in [2.45, 2.75) is 86.7 Å². The number of ether oxygens (including phenoxy) is 1. The summed E-state index contributed by atoms with van der Waals surface area (Å²) >= 11 is 0. The van der Waals surface area contributed by atoms with Crippen LogP contribution in [0.5, 0.6) is 0 Å². The molecule has 0 saturated heterocycles. The lowest BCUT2D eigenvalue weighted by Gasteiger charge is -2.42. The van der Waals surface area contributed by atoms with Crippen LogP contribution in [0.1, 0.15) is 81.1 Å². The second kappa shape index (κ2) is 5.69. The van der Waals surface area contributed by atoms with Crippen LogP contribution in [0.2, 0.25) is 0 Å². The van der Waals surface area contributed by atoms with Gasteiger partial charge in [0.25, 0.3) is 0 Å². The van der Waals surface area contributed by atoms with Crippen LogP contribution in [-0.4, -0.2) is 11.6 Å². The lowest BCUT2D eigenvalue weighted by molar-refractivity contribution is -0.180. The molecule has 0 amide bonds. The first-order valence-electron chi connectivity index (χ1n) is 8.11. The summed E-state index contributed by atoms with van der Waals surface area (Å²) in [5, 5.41) is 0. The Morgan fingerprint density at radius 1 is 0.900 bits per heavy atom. The molecule has 1 aliphatic rings. The van der Waals surface area contributed by atoms with Crippen molar-refractivity contribution in [1.29, 1.82) is 0 Å². The molecule has 20 heavy (non-hydrogen) atoms. The minimum atomic E-state index is -0.466. The van der Waals surface area contributed by atoms with E-state index in [2.05, 4.69) is 41.5 Å². The van der Waals surface area contributed by atoms with Crippen molar-refractivity contribution in [3.8, 4) is 0 Å². The van der Waals surface area contributed by atoms with E-state index < -0.39 is 5.41 Å². The Bertz CT molecular complexity index is 339. The Hall–Kier alpha value is -0.530. The molecule has 1 fully saturated rings. The quantitative estimate of drug-likeness (QED) is 0.664. The predicted octanol–water partition coefficient (Wildman–Crippen LogP) is 5.21. The SMILES string of the molecule is CC1CCC(C(C)(C)OC(=O)C(C)(C)C(C)(C)C)CC1. The Labute approximate surface area is 125 Å². The van der Waals surface area contributed by atoms with Crippen LogP contribution in [-0.2, 0) is 9.53 Å². The molecular weight excluding hydrogens is 248 g/mol. The molecule has 0 atom stereocenters. The molecule has 0 aromatic rings. The summed E-state index contributed by atoms with van der Waals surface area (Å²) in [6.45, 7) is 16.8. The van der Waals surface area contributed by atoms with E-state index in [-0.39, 0.29) is 17.0 Å². The van der Waals surface area contributed by atoms with Gasteiger partial charge in [0, 0.05) is 0 Å². The van der Waals surface area contributed by atoms with Crippen molar-refractivity contribution in [2.24, 2.45) is 22.7 Å². The van der Waals surface area contributed by atoms with Gasteiger partial charge in [-0.2, -0.15) is 0 Å². The van der Waals surface area contributed by atoms with E-state index in [0.717, 1.165) is 5.92 Å². The van der Waals surface area contributed by atoms with Gasteiger partial charge in [-0.15, -0.1) is 0 Å². The number of rotatable bonds is 3. The number of esters is 1. The van der Waals surface area contributed by atoms with E-state index in [1.54, 1.807) is 0 Å². The molecular formula is C18H34O2. The zero-order valence-electron chi connectivity index (χ0n) is 14.8. The lowest BCUT2D eigenvalue weighted by Crippen LogP contribution is -2.46. The van der Waals surface area contributed by atoms with Crippen molar-refractivity contribution in [2.75, 3.05) is 0 Å². The van der Waals surface area contributed by atoms with Crippen LogP contribution in [0.15, 0.2) is 0 Å². The van der Waals surface area contributed by atoms with Crippen molar-refractivity contribution >= 4 is 5.97 Å². The molecule has 0 unspecified atom stereocenters. The van der Waals surface area contributed by atoms with Crippen molar-refractivity contribution in [3.63, 3.8) is 0 Å². The lowest BCUT2D eigenvalue weighted by atomic mass is 9.69. The fourth-order valence-electron chi connectivity index (χ4n) is 2.71. The Morgan fingerprint density at radius 3 is 1.75 bits per heavy atom. The fourth-order valence-corrected chi connectivity index (χ4v) is 2.71. The Morgan fingerprint density at radius 2 is 1.35 bits per heavy atom. The number of carbonyl (C=O) groups is 1. The minimum absolute atomic E-state index is 0.0615. The van der Waals surface area contributed by atoms with Gasteiger partial charge in [0.05, 0.1) is 5.41 Å². The third kappa shape index (κ3) is 3.77. The highest BCUT2D eigenvalue weighted by Gasteiger charge is 2.45. The second-order valence-electron chi connectivity index (χ2n) is 8.82. The molecule has 0 aliphatic heterocycles. The van der Waals surface area contributed by atoms with Crippen LogP contribution in [0, 0.1) is 22.7 Å². The average Bonchev–Trinajstić information content (AvgIpc) is 2.27. The molecule has 0 radical (unpaired) electrons. The molecule has 0 aromatic heterocycles. The molecule has 118 valence electrons. The third-order valence-electron chi connectivity index (χ3n) is 5.74. The first-order chi connectivity index (χ1) is 8.88. The number of carbonyl (C=O) groups excluding carboxylic acids is 1. The van der Waals surface area contributed by atoms with Gasteiger partial charge in [-0.1, -0.05) is 40.5 Å². The average molecular weight is 282 g/mol. The molecule has 0 bridgehead atoms. The number of hydrogen-bond donors (Lipinski definition) is 0. The second-order valence-corrected chi connectivity index (χ2v) is 8.82. The maximum absolute atomic E-state index is 12.6. The zero-order valence-corrected chi connectivity index (χ0v) is 14.8. The maximum Gasteiger partial charge on any atom is 0.312 e. The van der Waals surface area contributed by atoms with E-state index in [1.165, 1.54) is 25.7 Å². The minimum Gasteiger partial charge on any atom is -0.459 e. The molecule has 2 heteroatoms. The Balaban J connectivity index is 2.73. The van der Waals surface area contributed by atoms with Gasteiger partial charge < -0.3 is 4.74 Å². The van der Waals surface area contributed by atoms with Crippen molar-refractivity contribution in [3.05, 3.63) is 0 Å². The third-order valence-corrected chi connectivity index (χ3v) is 5.74. The molecule has 1 aliphatic carbocycles. The first-order valence-corrected chi connectivity index (χ1v) is 8.11. The van der Waals surface area contributed by atoms with E-state index in [4.69, 9.17) is 4.74 Å². The normalized spacial score (nSPS) is 25.4. The van der Waals surface area contributed by atoms with Crippen LogP contribution in [0.3, 0.4) is 0 Å². The highest BCUT2D eigenvalue weighted by molar-refractivity contribution is 5.77. The van der Waals surface area contributed by atoms with Gasteiger partial charge in [-0.05, 0) is 57.8 Å². The summed E-state index contributed by atoms with van der Waals surface area (Å²) in [5.41, 5.74) is -0.910. The van der Waals surface area contributed by atoms with Gasteiger partial charge in [0.1, 0.15) is 5.60 Å². The Kier molecular flexibility index (Phi) is 4.99. The largest absolute Gasteiger partial charge is 0.459 e. The highest BCUT2D eigenvalue weighted by Crippen LogP contribution is 2.42. The van der Waals surface area contributed by atoms with Gasteiger partial charge in [0.2, 0.25) is 0 Å². The van der Waals surface area contributed by atoms with Crippen molar-refractivity contribution in [1.82, 2.24) is 0 Å². The summed E-state index contributed by atoms with van der Waals surface area (Å²) in [6, 6.07) is 0. The van der Waals surface area contributed by atoms with E-state index >= 15 is 0 Å². The van der Waals surface area contributed by atoms with Crippen molar-refractivity contribution < 1.29 is 9.53 Å². The summed E-state index contributed by atoms with van der Waals surface area (Å²) in [4.78, 5) is 12.6. The summed E-state index contributed by atoms with van der Waals surface area (Å²) in [6.07, 6.45) is 4.87. The molecule has 0 aromatic carbocycles. The summed E-state index contributed by atoms with van der Waals surface area (Å²) < 4.78 is 5.96. The van der Waals surface area contributed by atoms with Gasteiger partial charge in [-0.25, -0.2) is 0 Å². The summed E-state index contributed by atoms with van der Waals surface area (Å²) in [5.74, 6) is 1.26. The van der Waals surface area contributed by atoms with Gasteiger partial charge in [-0.3, -0.25) is 4.79 Å². The van der Waals surface area contributed by atoms with Crippen LogP contribution in [0.4, 0.5) is 0 Å². The number of hydrogen-bond acceptors (Lipinski definition) is 2. The fraction of sp³-hybridized carbons (Fsp3) is 0.944. The first kappa shape index (κ1) is 17.5. The molecule has 0 N–H and O–H groups in total. The highest BCUT2D eigenvalue weighted by atomic mass is 16.6. The smallest absolute Gasteiger partial charge is 0.312 e. The zero-order chi connectivity index (χ0) is 15.8. The standard InChI is InChI=1S/C18H34O2/c1-13-9-11-14(12-10-13)18(7,8)20-15(19)17(5,6)16(2,3)4/h13-14H,9-12H2,1-8H3. The monoisotopic (exact) mass is 282 g/mol. The van der Waals surface area contributed by atoms with Gasteiger partial charge >= 0.3 is 5.97 Å². The molecule has 0 heterocycles. The summed E-state index contributed by atoms with van der Waals surface area (Å²) in [7, 11) is 0. The molecule has 1 saturated carbocycles. The molecule has 2 nitrogen and oxygen atoms in total. The van der Waals surface area contributed by atoms with E-state index in [9.17, 15) is 4.79 Å². The predicted molar refractivity (Wildman–Crippen MR) is 84.5 cm³/mol.